The number of amides is 4. The lowest BCUT2D eigenvalue weighted by Crippen LogP contribution is -2.33. The zero-order chi connectivity index (χ0) is 21.7. The molecule has 0 saturated carbocycles. The Morgan fingerprint density at radius 1 is 1.03 bits per heavy atom. The molecule has 8 heteroatoms. The average Bonchev–Trinajstić information content (AvgIpc) is 3.17. The first-order valence-corrected chi connectivity index (χ1v) is 9.65. The normalized spacial score (nSPS) is 13.1. The smallest absolute Gasteiger partial charge is 0.253 e. The Morgan fingerprint density at radius 3 is 2.40 bits per heavy atom. The SMILES string of the molecule is CN(C)C(=O)c1cccc(NC(=O)CNC(=O)c2ccc(N3CCCC3=O)cc2)c1. The third-order valence-corrected chi connectivity index (χ3v) is 4.72. The summed E-state index contributed by atoms with van der Waals surface area (Å²) in [5.41, 5.74) is 2.09. The van der Waals surface area contributed by atoms with E-state index in [-0.39, 0.29) is 24.3 Å². The van der Waals surface area contributed by atoms with E-state index < -0.39 is 5.91 Å². The van der Waals surface area contributed by atoms with E-state index in [1.807, 2.05) is 0 Å². The van der Waals surface area contributed by atoms with Crippen LogP contribution in [0.15, 0.2) is 48.5 Å². The van der Waals surface area contributed by atoms with Crippen LogP contribution >= 0.6 is 0 Å². The van der Waals surface area contributed by atoms with Crippen LogP contribution in [-0.4, -0.2) is 55.7 Å². The van der Waals surface area contributed by atoms with E-state index in [4.69, 9.17) is 0 Å². The summed E-state index contributed by atoms with van der Waals surface area (Å²) in [4.78, 5) is 51.4. The fourth-order valence-corrected chi connectivity index (χ4v) is 3.17. The van der Waals surface area contributed by atoms with Gasteiger partial charge < -0.3 is 20.4 Å². The number of benzene rings is 2. The van der Waals surface area contributed by atoms with Crippen LogP contribution in [0.5, 0.6) is 0 Å². The van der Waals surface area contributed by atoms with E-state index in [1.54, 1.807) is 67.5 Å². The highest BCUT2D eigenvalue weighted by Gasteiger charge is 2.21. The van der Waals surface area contributed by atoms with Gasteiger partial charge in [0.15, 0.2) is 0 Å². The standard InChI is InChI=1S/C22H24N4O4/c1-25(2)22(30)16-5-3-6-17(13-16)24-19(27)14-23-21(29)15-8-10-18(11-9-15)26-12-4-7-20(26)28/h3,5-6,8-11,13H,4,7,12,14H2,1-2H3,(H,23,29)(H,24,27). The summed E-state index contributed by atoms with van der Waals surface area (Å²) >= 11 is 0. The molecule has 0 atom stereocenters. The fourth-order valence-electron chi connectivity index (χ4n) is 3.17. The van der Waals surface area contributed by atoms with E-state index in [0.29, 0.717) is 29.8 Å². The monoisotopic (exact) mass is 408 g/mol. The molecule has 1 fully saturated rings. The first-order valence-electron chi connectivity index (χ1n) is 9.65. The molecule has 0 aliphatic carbocycles. The number of nitrogens with zero attached hydrogens (tertiary/aromatic N) is 2. The molecule has 1 heterocycles. The Bertz CT molecular complexity index is 969. The molecule has 2 N–H and O–H groups in total. The van der Waals surface area contributed by atoms with E-state index in [2.05, 4.69) is 10.6 Å². The summed E-state index contributed by atoms with van der Waals surface area (Å²) in [6, 6.07) is 13.3. The molecule has 30 heavy (non-hydrogen) atoms. The number of carbonyl (C=O) groups excluding carboxylic acids is 4. The topological polar surface area (TPSA) is 98.8 Å². The highest BCUT2D eigenvalue weighted by Crippen LogP contribution is 2.21. The second-order valence-electron chi connectivity index (χ2n) is 7.21. The van der Waals surface area contributed by atoms with Gasteiger partial charge >= 0.3 is 0 Å². The molecule has 0 spiro atoms. The lowest BCUT2D eigenvalue weighted by molar-refractivity contribution is -0.117. The summed E-state index contributed by atoms with van der Waals surface area (Å²) < 4.78 is 0. The molecule has 0 aromatic heterocycles. The minimum absolute atomic E-state index is 0.0835. The molecule has 3 rings (SSSR count). The second kappa shape index (κ2) is 9.21. The van der Waals surface area contributed by atoms with Crippen molar-refractivity contribution >= 4 is 35.0 Å². The van der Waals surface area contributed by atoms with Crippen LogP contribution in [0.1, 0.15) is 33.6 Å². The maximum Gasteiger partial charge on any atom is 0.253 e. The minimum atomic E-state index is -0.405. The zero-order valence-electron chi connectivity index (χ0n) is 17.0. The van der Waals surface area contributed by atoms with Crippen LogP contribution in [0.3, 0.4) is 0 Å². The number of anilines is 2. The number of nitrogens with one attached hydrogen (secondary N) is 2. The van der Waals surface area contributed by atoms with Gasteiger partial charge in [-0.25, -0.2) is 0 Å². The highest BCUT2D eigenvalue weighted by molar-refractivity contribution is 6.01. The van der Waals surface area contributed by atoms with Gasteiger partial charge in [-0.15, -0.1) is 0 Å². The molecule has 0 bridgehead atoms. The molecule has 8 nitrogen and oxygen atoms in total. The van der Waals surface area contributed by atoms with Crippen molar-refractivity contribution in [2.45, 2.75) is 12.8 Å². The predicted molar refractivity (Wildman–Crippen MR) is 113 cm³/mol. The summed E-state index contributed by atoms with van der Waals surface area (Å²) in [5.74, 6) is -0.878. The fraction of sp³-hybridized carbons (Fsp3) is 0.273. The third-order valence-electron chi connectivity index (χ3n) is 4.72. The maximum atomic E-state index is 12.3. The van der Waals surface area contributed by atoms with Crippen molar-refractivity contribution < 1.29 is 19.2 Å². The molecule has 1 aliphatic heterocycles. The maximum absolute atomic E-state index is 12.3. The first-order chi connectivity index (χ1) is 14.3. The molecule has 156 valence electrons. The van der Waals surface area contributed by atoms with Crippen LogP contribution in [0.25, 0.3) is 0 Å². The molecule has 1 aliphatic rings. The lowest BCUT2D eigenvalue weighted by Gasteiger charge is -2.15. The van der Waals surface area contributed by atoms with Gasteiger partial charge in [0, 0.05) is 49.6 Å². The molecule has 2 aromatic rings. The molecule has 1 saturated heterocycles. The van der Waals surface area contributed by atoms with Gasteiger partial charge in [0.1, 0.15) is 0 Å². The van der Waals surface area contributed by atoms with E-state index in [1.165, 1.54) is 4.90 Å². The van der Waals surface area contributed by atoms with Gasteiger partial charge in [-0.05, 0) is 48.9 Å². The number of hydrogen-bond acceptors (Lipinski definition) is 4. The van der Waals surface area contributed by atoms with Crippen LogP contribution in [0, 0.1) is 0 Å². The molecular formula is C22H24N4O4. The van der Waals surface area contributed by atoms with Crippen LogP contribution in [0.2, 0.25) is 0 Å². The Labute approximate surface area is 174 Å². The van der Waals surface area contributed by atoms with Gasteiger partial charge in [0.05, 0.1) is 6.54 Å². The molecule has 0 unspecified atom stereocenters. The van der Waals surface area contributed by atoms with Crippen molar-refractivity contribution in [3.05, 3.63) is 59.7 Å². The third kappa shape index (κ3) is 5.02. The summed E-state index contributed by atoms with van der Waals surface area (Å²) in [5, 5.41) is 5.23. The van der Waals surface area contributed by atoms with Crippen LogP contribution in [-0.2, 0) is 9.59 Å². The largest absolute Gasteiger partial charge is 0.345 e. The number of rotatable bonds is 6. The number of hydrogen-bond donors (Lipinski definition) is 2. The molecule has 0 radical (unpaired) electrons. The number of carbonyl (C=O) groups is 4. The predicted octanol–water partition coefficient (Wildman–Crippen LogP) is 1.88. The van der Waals surface area contributed by atoms with E-state index >= 15 is 0 Å². The molecule has 4 amide bonds. The van der Waals surface area contributed by atoms with Crippen molar-refractivity contribution in [2.24, 2.45) is 0 Å². The summed E-state index contributed by atoms with van der Waals surface area (Å²) in [7, 11) is 3.30. The Morgan fingerprint density at radius 2 is 1.77 bits per heavy atom. The van der Waals surface area contributed by atoms with Crippen LogP contribution in [0.4, 0.5) is 11.4 Å². The van der Waals surface area contributed by atoms with Gasteiger partial charge in [-0.1, -0.05) is 6.07 Å². The minimum Gasteiger partial charge on any atom is -0.345 e. The lowest BCUT2D eigenvalue weighted by atomic mass is 10.1. The van der Waals surface area contributed by atoms with E-state index in [9.17, 15) is 19.2 Å². The van der Waals surface area contributed by atoms with Crippen molar-refractivity contribution in [1.29, 1.82) is 0 Å². The summed E-state index contributed by atoms with van der Waals surface area (Å²) in [6.45, 7) is 0.475. The van der Waals surface area contributed by atoms with Gasteiger partial charge in [-0.2, -0.15) is 0 Å². The average molecular weight is 408 g/mol. The van der Waals surface area contributed by atoms with Gasteiger partial charge in [0.2, 0.25) is 11.8 Å². The van der Waals surface area contributed by atoms with Crippen molar-refractivity contribution in [1.82, 2.24) is 10.2 Å². The zero-order valence-corrected chi connectivity index (χ0v) is 17.0. The van der Waals surface area contributed by atoms with Gasteiger partial charge in [-0.3, -0.25) is 19.2 Å². The van der Waals surface area contributed by atoms with Crippen LogP contribution < -0.4 is 15.5 Å². The van der Waals surface area contributed by atoms with E-state index in [0.717, 1.165) is 12.1 Å². The first kappa shape index (κ1) is 21.0. The Balaban J connectivity index is 1.53. The molecular weight excluding hydrogens is 384 g/mol. The second-order valence-corrected chi connectivity index (χ2v) is 7.21. The quantitative estimate of drug-likeness (QED) is 0.762. The van der Waals surface area contributed by atoms with Crippen molar-refractivity contribution in [3.63, 3.8) is 0 Å². The highest BCUT2D eigenvalue weighted by atomic mass is 16.2. The Kier molecular flexibility index (Phi) is 6.46. The van der Waals surface area contributed by atoms with Gasteiger partial charge in [0.25, 0.3) is 11.8 Å². The Hall–Kier alpha value is -3.68. The van der Waals surface area contributed by atoms with Crippen molar-refractivity contribution in [2.75, 3.05) is 37.4 Å². The molecule has 2 aromatic carbocycles. The van der Waals surface area contributed by atoms with Crippen molar-refractivity contribution in [3.8, 4) is 0 Å². The summed E-state index contributed by atoms with van der Waals surface area (Å²) in [6.07, 6.45) is 1.38.